The minimum Gasteiger partial charge on any atom is -0.377 e. The van der Waals surface area contributed by atoms with Crippen LogP contribution in [0.5, 0.6) is 0 Å². The van der Waals surface area contributed by atoms with E-state index in [0.717, 1.165) is 27.2 Å². The van der Waals surface area contributed by atoms with Crippen molar-refractivity contribution in [3.63, 3.8) is 0 Å². The van der Waals surface area contributed by atoms with E-state index in [1.807, 2.05) is 30.0 Å². The number of carbonyl (C=O) groups excluding carboxylic acids is 1. The molecule has 0 radical (unpaired) electrons. The Kier molecular flexibility index (Phi) is 3.72. The number of thiazole rings is 1. The number of aromatic nitrogens is 1. The minimum atomic E-state index is 0.0905. The Morgan fingerprint density at radius 3 is 3.20 bits per heavy atom. The Hall–Kier alpha value is -1.46. The fourth-order valence-electron chi connectivity index (χ4n) is 2.60. The molecule has 0 spiro atoms. The molecule has 1 amide bonds. The van der Waals surface area contributed by atoms with Crippen LogP contribution in [0.4, 0.5) is 0 Å². The summed E-state index contributed by atoms with van der Waals surface area (Å²) in [5, 5.41) is 1.03. The van der Waals surface area contributed by atoms with Crippen molar-refractivity contribution in [2.75, 3.05) is 19.8 Å². The summed E-state index contributed by atoms with van der Waals surface area (Å²) in [6.07, 6.45) is 0.920. The van der Waals surface area contributed by atoms with E-state index in [-0.39, 0.29) is 11.9 Å². The van der Waals surface area contributed by atoms with Gasteiger partial charge in [0.1, 0.15) is 0 Å². The van der Waals surface area contributed by atoms with E-state index in [9.17, 15) is 4.79 Å². The lowest BCUT2D eigenvalue weighted by molar-refractivity contribution is -0.00279. The summed E-state index contributed by atoms with van der Waals surface area (Å²) in [5.41, 5.74) is 1.64. The van der Waals surface area contributed by atoms with Crippen LogP contribution in [0, 0.1) is 6.92 Å². The van der Waals surface area contributed by atoms with Crippen molar-refractivity contribution in [1.29, 1.82) is 0 Å². The predicted octanol–water partition coefficient (Wildman–Crippen LogP) is 2.86. The molecule has 4 nitrogen and oxygen atoms in total. The molecule has 1 fully saturated rings. The molecule has 0 saturated carbocycles. The Bertz CT molecular complexity index is 638. The average molecular weight is 290 g/mol. The highest BCUT2D eigenvalue weighted by atomic mass is 32.1. The number of aryl methyl sites for hydroxylation is 1. The van der Waals surface area contributed by atoms with Gasteiger partial charge in [0.2, 0.25) is 0 Å². The molecule has 1 saturated heterocycles. The van der Waals surface area contributed by atoms with Crippen molar-refractivity contribution < 1.29 is 9.53 Å². The Morgan fingerprint density at radius 1 is 1.55 bits per heavy atom. The molecule has 20 heavy (non-hydrogen) atoms. The van der Waals surface area contributed by atoms with Crippen molar-refractivity contribution in [1.82, 2.24) is 9.88 Å². The fourth-order valence-corrected chi connectivity index (χ4v) is 3.41. The van der Waals surface area contributed by atoms with Gasteiger partial charge in [-0.3, -0.25) is 4.79 Å². The molecule has 1 aliphatic heterocycles. The van der Waals surface area contributed by atoms with Crippen molar-refractivity contribution in [3.8, 4) is 0 Å². The molecule has 0 unspecified atom stereocenters. The normalized spacial score (nSPS) is 19.5. The topological polar surface area (TPSA) is 42.4 Å². The predicted molar refractivity (Wildman–Crippen MR) is 80.3 cm³/mol. The van der Waals surface area contributed by atoms with Crippen LogP contribution < -0.4 is 0 Å². The number of ether oxygens (including phenoxy) is 1. The fraction of sp³-hybridized carbons (Fsp3) is 0.467. The summed E-state index contributed by atoms with van der Waals surface area (Å²) in [4.78, 5) is 19.1. The second-order valence-electron chi connectivity index (χ2n) is 5.05. The summed E-state index contributed by atoms with van der Waals surface area (Å²) < 4.78 is 6.59. The summed E-state index contributed by atoms with van der Waals surface area (Å²) in [6, 6.07) is 5.99. The van der Waals surface area contributed by atoms with Crippen LogP contribution in [0.2, 0.25) is 0 Å². The maximum Gasteiger partial charge on any atom is 0.254 e. The highest BCUT2D eigenvalue weighted by molar-refractivity contribution is 7.18. The van der Waals surface area contributed by atoms with Crippen molar-refractivity contribution in [2.45, 2.75) is 26.3 Å². The third-order valence-electron chi connectivity index (χ3n) is 3.70. The number of carbonyl (C=O) groups is 1. The van der Waals surface area contributed by atoms with Crippen molar-refractivity contribution >= 4 is 27.5 Å². The minimum absolute atomic E-state index is 0.0905. The quantitative estimate of drug-likeness (QED) is 0.854. The highest BCUT2D eigenvalue weighted by Gasteiger charge is 2.26. The zero-order chi connectivity index (χ0) is 14.1. The van der Waals surface area contributed by atoms with Crippen LogP contribution in [0.15, 0.2) is 18.2 Å². The number of rotatable bonds is 2. The first-order chi connectivity index (χ1) is 9.69. The van der Waals surface area contributed by atoms with Crippen LogP contribution in [0.25, 0.3) is 10.2 Å². The average Bonchev–Trinajstić information content (AvgIpc) is 2.85. The van der Waals surface area contributed by atoms with Crippen LogP contribution in [0.1, 0.15) is 28.7 Å². The molecule has 106 valence electrons. The van der Waals surface area contributed by atoms with Gasteiger partial charge in [-0.2, -0.15) is 0 Å². The van der Waals surface area contributed by atoms with E-state index in [0.29, 0.717) is 19.8 Å². The molecule has 1 aromatic heterocycles. The van der Waals surface area contributed by atoms with E-state index < -0.39 is 0 Å². The second-order valence-corrected chi connectivity index (χ2v) is 6.29. The van der Waals surface area contributed by atoms with Gasteiger partial charge in [-0.05, 0) is 31.5 Å². The smallest absolute Gasteiger partial charge is 0.254 e. The van der Waals surface area contributed by atoms with Gasteiger partial charge in [-0.1, -0.05) is 6.92 Å². The van der Waals surface area contributed by atoms with Gasteiger partial charge in [0, 0.05) is 12.1 Å². The number of benzene rings is 1. The van der Waals surface area contributed by atoms with Crippen molar-refractivity contribution in [2.24, 2.45) is 0 Å². The third kappa shape index (κ3) is 2.43. The van der Waals surface area contributed by atoms with Crippen LogP contribution in [-0.2, 0) is 4.74 Å². The number of fused-ring (bicyclic) bond motifs is 1. The third-order valence-corrected chi connectivity index (χ3v) is 4.65. The summed E-state index contributed by atoms with van der Waals surface area (Å²) >= 11 is 1.66. The van der Waals surface area contributed by atoms with Gasteiger partial charge < -0.3 is 9.64 Å². The van der Waals surface area contributed by atoms with Crippen LogP contribution in [0.3, 0.4) is 0 Å². The van der Waals surface area contributed by atoms with Gasteiger partial charge in [0.25, 0.3) is 5.91 Å². The first-order valence-electron chi connectivity index (χ1n) is 6.95. The summed E-state index contributed by atoms with van der Waals surface area (Å²) in [6.45, 7) is 6.01. The van der Waals surface area contributed by atoms with Gasteiger partial charge in [-0.15, -0.1) is 11.3 Å². The molecular weight excluding hydrogens is 272 g/mol. The SMILES string of the molecule is CC[C@H]1COCCN1C(=O)c1ccc2sc(C)nc2c1. The van der Waals surface area contributed by atoms with Crippen molar-refractivity contribution in [3.05, 3.63) is 28.8 Å². The maximum absolute atomic E-state index is 12.7. The maximum atomic E-state index is 12.7. The molecule has 5 heteroatoms. The number of morpholine rings is 1. The second kappa shape index (κ2) is 5.50. The lowest BCUT2D eigenvalue weighted by atomic mass is 10.1. The van der Waals surface area contributed by atoms with E-state index in [1.165, 1.54) is 0 Å². The molecule has 1 aromatic carbocycles. The first-order valence-corrected chi connectivity index (χ1v) is 7.76. The zero-order valence-electron chi connectivity index (χ0n) is 11.8. The number of nitrogens with zero attached hydrogens (tertiary/aromatic N) is 2. The van der Waals surface area contributed by atoms with E-state index in [1.54, 1.807) is 11.3 Å². The molecule has 0 aliphatic carbocycles. The number of amides is 1. The lowest BCUT2D eigenvalue weighted by Gasteiger charge is -2.35. The molecule has 0 bridgehead atoms. The highest BCUT2D eigenvalue weighted by Crippen LogP contribution is 2.24. The van der Waals surface area contributed by atoms with Gasteiger partial charge in [0.15, 0.2) is 0 Å². The molecule has 1 atom stereocenters. The van der Waals surface area contributed by atoms with E-state index in [4.69, 9.17) is 4.74 Å². The molecule has 0 N–H and O–H groups in total. The standard InChI is InChI=1S/C15H18N2O2S/c1-3-12-9-19-7-6-17(12)15(18)11-4-5-14-13(8-11)16-10(2)20-14/h4-5,8,12H,3,6-7,9H2,1-2H3/t12-/m0/s1. The van der Waals surface area contributed by atoms with E-state index in [2.05, 4.69) is 11.9 Å². The number of hydrogen-bond acceptors (Lipinski definition) is 4. The lowest BCUT2D eigenvalue weighted by Crippen LogP contribution is -2.48. The monoisotopic (exact) mass is 290 g/mol. The molecule has 2 aromatic rings. The van der Waals surface area contributed by atoms with E-state index >= 15 is 0 Å². The first kappa shape index (κ1) is 13.5. The molecule has 1 aliphatic rings. The summed E-state index contributed by atoms with van der Waals surface area (Å²) in [7, 11) is 0. The van der Waals surface area contributed by atoms with Crippen LogP contribution in [-0.4, -0.2) is 41.6 Å². The largest absolute Gasteiger partial charge is 0.377 e. The zero-order valence-corrected chi connectivity index (χ0v) is 12.6. The van der Waals surface area contributed by atoms with Gasteiger partial charge in [-0.25, -0.2) is 4.98 Å². The molecular formula is C15H18N2O2S. The number of hydrogen-bond donors (Lipinski definition) is 0. The Balaban J connectivity index is 1.90. The Morgan fingerprint density at radius 2 is 2.40 bits per heavy atom. The summed E-state index contributed by atoms with van der Waals surface area (Å²) in [5.74, 6) is 0.0905. The van der Waals surface area contributed by atoms with Crippen LogP contribution >= 0.6 is 11.3 Å². The van der Waals surface area contributed by atoms with Gasteiger partial charge >= 0.3 is 0 Å². The Labute approximate surface area is 122 Å². The molecule has 2 heterocycles. The van der Waals surface area contributed by atoms with Gasteiger partial charge in [0.05, 0.1) is 34.5 Å². The molecule has 3 rings (SSSR count).